The van der Waals surface area contributed by atoms with E-state index in [2.05, 4.69) is 85.1 Å². The fourth-order valence-corrected chi connectivity index (χ4v) is 2.72. The van der Waals surface area contributed by atoms with Crippen LogP contribution in [0.15, 0.2) is 66.0 Å². The first-order valence-electron chi connectivity index (χ1n) is 6.70. The Morgan fingerprint density at radius 3 is 2.00 bits per heavy atom. The molecule has 20 heavy (non-hydrogen) atoms. The Kier molecular flexibility index (Phi) is 3.80. The third-order valence-electron chi connectivity index (χ3n) is 3.28. The highest BCUT2D eigenvalue weighted by molar-refractivity contribution is 7.10. The van der Waals surface area contributed by atoms with Crippen LogP contribution in [-0.2, 0) is 0 Å². The second kappa shape index (κ2) is 5.89. The van der Waals surface area contributed by atoms with E-state index in [0.29, 0.717) is 0 Å². The second-order valence-electron chi connectivity index (χ2n) is 4.84. The van der Waals surface area contributed by atoms with Crippen molar-refractivity contribution in [1.29, 1.82) is 0 Å². The Morgan fingerprint density at radius 1 is 0.750 bits per heavy atom. The van der Waals surface area contributed by atoms with Gasteiger partial charge in [-0.2, -0.15) is 0 Å². The van der Waals surface area contributed by atoms with Crippen LogP contribution in [-0.4, -0.2) is 0 Å². The Bertz CT molecular complexity index is 687. The van der Waals surface area contributed by atoms with Gasteiger partial charge in [-0.3, -0.25) is 0 Å². The normalized spacial score (nSPS) is 11.1. The SMILES string of the molecule is Cc1ccc(-c2ccc(/C=C/c3cccs3)cc2)cc1. The lowest BCUT2D eigenvalue weighted by Crippen LogP contribution is -1.79. The van der Waals surface area contributed by atoms with Gasteiger partial charge in [0.05, 0.1) is 0 Å². The lowest BCUT2D eigenvalue weighted by atomic mass is 10.0. The first kappa shape index (κ1) is 12.9. The van der Waals surface area contributed by atoms with Gasteiger partial charge in [0.2, 0.25) is 0 Å². The largest absolute Gasteiger partial charge is 0.144 e. The van der Waals surface area contributed by atoms with Gasteiger partial charge in [0.15, 0.2) is 0 Å². The van der Waals surface area contributed by atoms with Gasteiger partial charge in [-0.05, 0) is 41.1 Å². The molecule has 0 saturated carbocycles. The third-order valence-corrected chi connectivity index (χ3v) is 4.12. The summed E-state index contributed by atoms with van der Waals surface area (Å²) >= 11 is 1.76. The minimum atomic E-state index is 1.23. The molecule has 0 unspecified atom stereocenters. The number of thiophene rings is 1. The minimum absolute atomic E-state index is 1.23. The molecule has 3 aromatic rings. The van der Waals surface area contributed by atoms with Crippen molar-refractivity contribution < 1.29 is 0 Å². The van der Waals surface area contributed by atoms with Crippen LogP contribution in [0.1, 0.15) is 16.0 Å². The summed E-state index contributed by atoms with van der Waals surface area (Å²) in [5.74, 6) is 0. The van der Waals surface area contributed by atoms with E-state index in [1.54, 1.807) is 11.3 Å². The summed E-state index contributed by atoms with van der Waals surface area (Å²) in [6.07, 6.45) is 4.32. The van der Waals surface area contributed by atoms with E-state index in [9.17, 15) is 0 Å². The number of hydrogen-bond donors (Lipinski definition) is 0. The van der Waals surface area contributed by atoms with Crippen molar-refractivity contribution in [2.24, 2.45) is 0 Å². The maximum Gasteiger partial charge on any atom is 0.0270 e. The van der Waals surface area contributed by atoms with Gasteiger partial charge in [-0.1, -0.05) is 66.2 Å². The van der Waals surface area contributed by atoms with Crippen LogP contribution >= 0.6 is 11.3 Å². The Hall–Kier alpha value is -2.12. The highest BCUT2D eigenvalue weighted by Gasteiger charge is 1.96. The lowest BCUT2D eigenvalue weighted by Gasteiger charge is -2.03. The minimum Gasteiger partial charge on any atom is -0.144 e. The molecule has 1 heterocycles. The van der Waals surface area contributed by atoms with E-state index in [1.165, 1.54) is 27.1 Å². The number of hydrogen-bond acceptors (Lipinski definition) is 1. The summed E-state index contributed by atoms with van der Waals surface area (Å²) < 4.78 is 0. The van der Waals surface area contributed by atoms with E-state index in [1.807, 2.05) is 0 Å². The zero-order chi connectivity index (χ0) is 13.8. The molecular formula is C19H16S. The molecule has 0 radical (unpaired) electrons. The van der Waals surface area contributed by atoms with Crippen LogP contribution in [0, 0.1) is 6.92 Å². The molecule has 0 aliphatic rings. The van der Waals surface area contributed by atoms with Gasteiger partial charge in [0.1, 0.15) is 0 Å². The van der Waals surface area contributed by atoms with Crippen molar-refractivity contribution >= 4 is 23.5 Å². The monoisotopic (exact) mass is 276 g/mol. The Morgan fingerprint density at radius 2 is 1.40 bits per heavy atom. The van der Waals surface area contributed by atoms with Crippen LogP contribution in [0.25, 0.3) is 23.3 Å². The van der Waals surface area contributed by atoms with Crippen molar-refractivity contribution in [1.82, 2.24) is 0 Å². The summed E-state index contributed by atoms with van der Waals surface area (Å²) in [6.45, 7) is 2.11. The highest BCUT2D eigenvalue weighted by atomic mass is 32.1. The summed E-state index contributed by atoms with van der Waals surface area (Å²) in [5, 5.41) is 2.10. The second-order valence-corrected chi connectivity index (χ2v) is 5.82. The molecule has 0 bridgehead atoms. The Labute approximate surface area is 124 Å². The van der Waals surface area contributed by atoms with E-state index in [-0.39, 0.29) is 0 Å². The van der Waals surface area contributed by atoms with E-state index >= 15 is 0 Å². The summed E-state index contributed by atoms with van der Waals surface area (Å²) in [4.78, 5) is 1.28. The van der Waals surface area contributed by atoms with Gasteiger partial charge in [-0.25, -0.2) is 0 Å². The summed E-state index contributed by atoms with van der Waals surface area (Å²) in [6, 6.07) is 21.5. The molecular weight excluding hydrogens is 260 g/mol. The van der Waals surface area contributed by atoms with Crippen LogP contribution in [0.2, 0.25) is 0 Å². The fourth-order valence-electron chi connectivity index (χ4n) is 2.10. The maximum atomic E-state index is 2.18. The zero-order valence-electron chi connectivity index (χ0n) is 11.4. The Balaban J connectivity index is 1.79. The summed E-state index contributed by atoms with van der Waals surface area (Å²) in [7, 11) is 0. The first-order chi connectivity index (χ1) is 9.81. The van der Waals surface area contributed by atoms with E-state index in [0.717, 1.165) is 0 Å². The molecule has 2 aromatic carbocycles. The molecule has 0 saturated heterocycles. The van der Waals surface area contributed by atoms with Crippen molar-refractivity contribution in [3.63, 3.8) is 0 Å². The molecule has 98 valence electrons. The molecule has 3 rings (SSSR count). The molecule has 0 N–H and O–H groups in total. The van der Waals surface area contributed by atoms with Crippen LogP contribution < -0.4 is 0 Å². The van der Waals surface area contributed by atoms with Gasteiger partial charge in [-0.15, -0.1) is 11.3 Å². The predicted octanol–water partition coefficient (Wildman–Crippen LogP) is 5.89. The molecule has 1 aromatic heterocycles. The van der Waals surface area contributed by atoms with E-state index in [4.69, 9.17) is 0 Å². The average Bonchev–Trinajstić information content (AvgIpc) is 3.00. The zero-order valence-corrected chi connectivity index (χ0v) is 12.2. The summed E-state index contributed by atoms with van der Waals surface area (Å²) in [5.41, 5.74) is 5.06. The van der Waals surface area contributed by atoms with Crippen molar-refractivity contribution in [2.45, 2.75) is 6.92 Å². The highest BCUT2D eigenvalue weighted by Crippen LogP contribution is 2.21. The van der Waals surface area contributed by atoms with Crippen molar-refractivity contribution in [3.05, 3.63) is 82.0 Å². The van der Waals surface area contributed by atoms with Crippen LogP contribution in [0.5, 0.6) is 0 Å². The van der Waals surface area contributed by atoms with Gasteiger partial charge in [0.25, 0.3) is 0 Å². The predicted molar refractivity (Wildman–Crippen MR) is 89.9 cm³/mol. The molecule has 1 heteroatoms. The molecule has 0 atom stereocenters. The molecule has 0 amide bonds. The average molecular weight is 276 g/mol. The molecule has 0 nitrogen and oxygen atoms in total. The quantitative estimate of drug-likeness (QED) is 0.559. The molecule has 0 spiro atoms. The molecule has 0 aliphatic carbocycles. The third kappa shape index (κ3) is 3.06. The maximum absolute atomic E-state index is 2.18. The van der Waals surface area contributed by atoms with Gasteiger partial charge in [0, 0.05) is 4.88 Å². The number of rotatable bonds is 3. The van der Waals surface area contributed by atoms with Gasteiger partial charge < -0.3 is 0 Å². The van der Waals surface area contributed by atoms with Crippen LogP contribution in [0.4, 0.5) is 0 Å². The molecule has 0 aliphatic heterocycles. The number of benzene rings is 2. The van der Waals surface area contributed by atoms with Crippen LogP contribution in [0.3, 0.4) is 0 Å². The topological polar surface area (TPSA) is 0 Å². The standard InChI is InChI=1S/C19H16S/c1-15-4-9-17(10-5-15)18-11-6-16(7-12-18)8-13-19-3-2-14-20-19/h2-14H,1H3/b13-8+. The smallest absolute Gasteiger partial charge is 0.0270 e. The fraction of sp³-hybridized carbons (Fsp3) is 0.0526. The number of aryl methyl sites for hydroxylation is 1. The van der Waals surface area contributed by atoms with Crippen molar-refractivity contribution in [3.8, 4) is 11.1 Å². The van der Waals surface area contributed by atoms with Gasteiger partial charge >= 0.3 is 0 Å². The lowest BCUT2D eigenvalue weighted by molar-refractivity contribution is 1.47. The molecule has 0 fully saturated rings. The van der Waals surface area contributed by atoms with E-state index < -0.39 is 0 Å². The first-order valence-corrected chi connectivity index (χ1v) is 7.58. The van der Waals surface area contributed by atoms with Crippen molar-refractivity contribution in [2.75, 3.05) is 0 Å².